The van der Waals surface area contributed by atoms with E-state index in [0.29, 0.717) is 5.56 Å². The van der Waals surface area contributed by atoms with E-state index < -0.39 is 56.5 Å². The Balaban J connectivity index is 1.46. The van der Waals surface area contributed by atoms with Crippen molar-refractivity contribution in [3.05, 3.63) is 51.0 Å². The van der Waals surface area contributed by atoms with E-state index >= 15 is 0 Å². The number of nitrogens with one attached hydrogen (secondary N) is 1. The number of hydrogen-bond donors (Lipinski definition) is 3. The van der Waals surface area contributed by atoms with Gasteiger partial charge in [0.25, 0.3) is 11.6 Å². The first-order valence-corrected chi connectivity index (χ1v) is 13.8. The van der Waals surface area contributed by atoms with Crippen LogP contribution in [0.25, 0.3) is 0 Å². The van der Waals surface area contributed by atoms with Gasteiger partial charge in [-0.1, -0.05) is 5.16 Å². The Bertz CT molecular complexity index is 1440. The zero-order chi connectivity index (χ0) is 30.3. The number of thiazole rings is 1. The topological polar surface area (TPSA) is 217 Å². The van der Waals surface area contributed by atoms with Crippen LogP contribution in [0, 0.1) is 10.1 Å². The van der Waals surface area contributed by atoms with Gasteiger partial charge in [0.05, 0.1) is 4.92 Å². The number of aromatic nitrogens is 1. The summed E-state index contributed by atoms with van der Waals surface area (Å²) < 4.78 is 4.48. The molecule has 2 fully saturated rings. The molecule has 218 valence electrons. The van der Waals surface area contributed by atoms with Gasteiger partial charge in [-0.3, -0.25) is 19.7 Å². The molecule has 17 heteroatoms. The summed E-state index contributed by atoms with van der Waals surface area (Å²) in [5.41, 5.74) is 4.09. The summed E-state index contributed by atoms with van der Waals surface area (Å²) in [4.78, 5) is 71.6. The summed E-state index contributed by atoms with van der Waals surface area (Å²) in [7, 11) is 0. The Labute approximate surface area is 241 Å². The van der Waals surface area contributed by atoms with Gasteiger partial charge >= 0.3 is 11.9 Å². The summed E-state index contributed by atoms with van der Waals surface area (Å²) in [5.74, 6) is -3.38. The van der Waals surface area contributed by atoms with Crippen LogP contribution in [-0.4, -0.2) is 77.2 Å². The summed E-state index contributed by atoms with van der Waals surface area (Å²) in [6, 6.07) is 3.37. The molecule has 4 N–H and O–H groups in total. The number of anilines is 1. The maximum Gasteiger partial charge on any atom is 0.353 e. The number of oxime groups is 1. The second-order valence-corrected chi connectivity index (χ2v) is 12.8. The van der Waals surface area contributed by atoms with Crippen molar-refractivity contribution in [2.75, 3.05) is 5.73 Å². The molecule has 0 unspecified atom stereocenters. The molecular weight excluding hydrogens is 580 g/mol. The van der Waals surface area contributed by atoms with Crippen LogP contribution in [0.5, 0.6) is 0 Å². The van der Waals surface area contributed by atoms with Crippen molar-refractivity contribution in [1.82, 2.24) is 15.2 Å². The number of hydrogen-bond acceptors (Lipinski definition) is 13. The molecule has 4 rings (SSSR count). The quantitative estimate of drug-likeness (QED) is 0.115. The first kappa shape index (κ1) is 29.7. The summed E-state index contributed by atoms with van der Waals surface area (Å²) >= 11 is 2.29. The van der Waals surface area contributed by atoms with Crippen LogP contribution in [0.15, 0.2) is 34.8 Å². The molecular formula is C24H26N6O9S2. The van der Waals surface area contributed by atoms with Crippen LogP contribution < -0.4 is 11.1 Å². The number of carbonyl (C=O) groups excluding carboxylic acids is 3. The highest BCUT2D eigenvalue weighted by Gasteiger charge is 2.64. The fourth-order valence-corrected chi connectivity index (χ4v) is 6.36. The molecule has 3 heterocycles. The summed E-state index contributed by atoms with van der Waals surface area (Å²) in [6.45, 7) is 5.94. The van der Waals surface area contributed by atoms with Crippen LogP contribution in [-0.2, 0) is 35.4 Å². The minimum atomic E-state index is -1.68. The van der Waals surface area contributed by atoms with Gasteiger partial charge in [-0.2, -0.15) is 0 Å². The van der Waals surface area contributed by atoms with Crippen molar-refractivity contribution in [3.63, 3.8) is 0 Å². The van der Waals surface area contributed by atoms with E-state index in [9.17, 15) is 34.4 Å². The lowest BCUT2D eigenvalue weighted by molar-refractivity contribution is -0.384. The van der Waals surface area contributed by atoms with Crippen LogP contribution in [0.4, 0.5) is 10.8 Å². The highest BCUT2D eigenvalue weighted by molar-refractivity contribution is 8.01. The molecule has 3 atom stereocenters. The number of esters is 1. The van der Waals surface area contributed by atoms with Crippen molar-refractivity contribution >= 4 is 63.4 Å². The highest BCUT2D eigenvalue weighted by Crippen LogP contribution is 2.50. The monoisotopic (exact) mass is 606 g/mol. The number of aliphatic carboxylic acids is 1. The van der Waals surface area contributed by atoms with E-state index in [2.05, 4.69) is 15.5 Å². The average molecular weight is 607 g/mol. The Hall–Kier alpha value is -4.25. The van der Waals surface area contributed by atoms with Gasteiger partial charge < -0.3 is 30.6 Å². The third kappa shape index (κ3) is 5.95. The number of non-ortho nitro benzene ring substituents is 1. The average Bonchev–Trinajstić information content (AvgIpc) is 3.44. The first-order chi connectivity index (χ1) is 19.1. The number of benzene rings is 1. The third-order valence-corrected chi connectivity index (χ3v) is 8.56. The lowest BCUT2D eigenvalue weighted by Crippen LogP contribution is -2.71. The number of nitrogens with zero attached hydrogens (tertiary/aromatic N) is 4. The van der Waals surface area contributed by atoms with Crippen molar-refractivity contribution in [2.24, 2.45) is 5.16 Å². The SMILES string of the molecule is CC(C)(O/N=C(\C(=O)N[C@@H]1C(=O)N2[C@@H]1SC(C)(C)[C@@H]2C(=O)O)c1csc(N)n1)C(=O)OCc1ccc([N+](=O)[O-])cc1. The number of β-lactam (4-membered cyclic amide) rings is 1. The standard InChI is InChI=1S/C24H26N6O9S2/c1-23(2,21(35)38-9-11-5-7-12(8-6-11)30(36)37)39-28-14(13-10-40-22(25)26-13)17(31)27-15-18(32)29-16(20(33)34)24(3,4)41-19(15)29/h5-8,10,15-16,19H,9H2,1-4H3,(H2,25,26)(H,27,31)(H,33,34)/b28-14-/t15-,16+,19-/m1/s1. The van der Waals surface area contributed by atoms with Gasteiger partial charge in [-0.05, 0) is 45.4 Å². The molecule has 15 nitrogen and oxygen atoms in total. The predicted molar refractivity (Wildman–Crippen MR) is 147 cm³/mol. The van der Waals surface area contributed by atoms with E-state index in [4.69, 9.17) is 15.3 Å². The number of nitro benzene ring substituents is 1. The van der Waals surface area contributed by atoms with E-state index in [1.54, 1.807) is 13.8 Å². The van der Waals surface area contributed by atoms with Crippen LogP contribution in [0.1, 0.15) is 39.0 Å². The van der Waals surface area contributed by atoms with E-state index in [1.807, 2.05) is 0 Å². The predicted octanol–water partition coefficient (Wildman–Crippen LogP) is 1.51. The fraction of sp³-hybridized carbons (Fsp3) is 0.417. The zero-order valence-corrected chi connectivity index (χ0v) is 23.9. The number of nitro groups is 1. The number of amides is 2. The van der Waals surface area contributed by atoms with Gasteiger partial charge in [0.2, 0.25) is 11.5 Å². The van der Waals surface area contributed by atoms with Gasteiger partial charge in [0, 0.05) is 22.3 Å². The second kappa shape index (κ2) is 11.0. The first-order valence-electron chi connectivity index (χ1n) is 12.0. The van der Waals surface area contributed by atoms with Crippen LogP contribution in [0.3, 0.4) is 0 Å². The molecule has 41 heavy (non-hydrogen) atoms. The number of carbonyl (C=O) groups is 4. The highest BCUT2D eigenvalue weighted by atomic mass is 32.2. The third-order valence-electron chi connectivity index (χ3n) is 6.31. The smallest absolute Gasteiger partial charge is 0.353 e. The van der Waals surface area contributed by atoms with Crippen molar-refractivity contribution in [1.29, 1.82) is 0 Å². The van der Waals surface area contributed by atoms with E-state index in [-0.39, 0.29) is 28.8 Å². The molecule has 2 amide bonds. The molecule has 1 aromatic carbocycles. The minimum Gasteiger partial charge on any atom is -0.480 e. The molecule has 0 saturated carbocycles. The van der Waals surface area contributed by atoms with Gasteiger partial charge in [0.15, 0.2) is 10.8 Å². The number of ether oxygens (including phenoxy) is 1. The van der Waals surface area contributed by atoms with Crippen molar-refractivity contribution < 1.29 is 38.8 Å². The molecule has 2 aliphatic heterocycles. The maximum absolute atomic E-state index is 13.3. The van der Waals surface area contributed by atoms with Crippen LogP contribution >= 0.6 is 23.1 Å². The molecule has 2 aliphatic rings. The molecule has 2 saturated heterocycles. The Morgan fingerprint density at radius 3 is 2.51 bits per heavy atom. The number of nitrogens with two attached hydrogens (primary N) is 1. The largest absolute Gasteiger partial charge is 0.480 e. The minimum absolute atomic E-state index is 0.0338. The van der Waals surface area contributed by atoms with Gasteiger partial charge in [-0.25, -0.2) is 14.6 Å². The fourth-order valence-electron chi connectivity index (χ4n) is 4.19. The number of carboxylic acids is 1. The second-order valence-electron chi connectivity index (χ2n) is 10.2. The lowest BCUT2D eigenvalue weighted by atomic mass is 9.96. The molecule has 0 spiro atoms. The molecule has 0 radical (unpaired) electrons. The molecule has 2 aromatic rings. The number of nitrogen functional groups attached to an aromatic ring is 1. The zero-order valence-electron chi connectivity index (χ0n) is 22.2. The number of rotatable bonds is 10. The number of carboxylic acid groups (broad SMARTS) is 1. The lowest BCUT2D eigenvalue weighted by Gasteiger charge is -2.43. The molecule has 1 aromatic heterocycles. The van der Waals surface area contributed by atoms with E-state index in [0.717, 1.165) is 11.3 Å². The van der Waals surface area contributed by atoms with Crippen molar-refractivity contribution in [3.8, 4) is 0 Å². The molecule has 0 aliphatic carbocycles. The van der Waals surface area contributed by atoms with Crippen LogP contribution in [0.2, 0.25) is 0 Å². The Morgan fingerprint density at radius 2 is 1.95 bits per heavy atom. The molecule has 0 bridgehead atoms. The Kier molecular flexibility index (Phi) is 7.95. The van der Waals surface area contributed by atoms with Crippen molar-refractivity contribution in [2.45, 2.75) is 62.1 Å². The number of fused-ring (bicyclic) bond motifs is 1. The number of thioether (sulfide) groups is 1. The van der Waals surface area contributed by atoms with Gasteiger partial charge in [0.1, 0.15) is 29.8 Å². The maximum atomic E-state index is 13.3. The Morgan fingerprint density at radius 1 is 1.29 bits per heavy atom. The normalized spacial score (nSPS) is 21.5. The summed E-state index contributed by atoms with van der Waals surface area (Å²) in [5, 5.41) is 27.8. The van der Waals surface area contributed by atoms with Gasteiger partial charge in [-0.15, -0.1) is 23.1 Å². The van der Waals surface area contributed by atoms with E-state index in [1.165, 1.54) is 60.2 Å². The summed E-state index contributed by atoms with van der Waals surface area (Å²) in [6.07, 6.45) is 0.